The molecule has 0 radical (unpaired) electrons. The third kappa shape index (κ3) is 5.01. The van der Waals surface area contributed by atoms with E-state index >= 15 is 0 Å². The summed E-state index contributed by atoms with van der Waals surface area (Å²) in [5, 5.41) is 2.92. The summed E-state index contributed by atoms with van der Waals surface area (Å²) in [6, 6.07) is 9.29. The van der Waals surface area contributed by atoms with Crippen molar-refractivity contribution in [3.05, 3.63) is 58.5 Å². The van der Waals surface area contributed by atoms with Gasteiger partial charge in [0, 0.05) is 25.2 Å². The maximum Gasteiger partial charge on any atom is 0.416 e. The minimum atomic E-state index is -4.59. The summed E-state index contributed by atoms with van der Waals surface area (Å²) in [6.07, 6.45) is -5.29. The van der Waals surface area contributed by atoms with Gasteiger partial charge in [-0.3, -0.25) is 9.88 Å². The molecule has 0 aliphatic rings. The van der Waals surface area contributed by atoms with Crippen LogP contribution >= 0.6 is 0 Å². The molecule has 32 heavy (non-hydrogen) atoms. The van der Waals surface area contributed by atoms with Crippen molar-refractivity contribution in [3.8, 4) is 5.69 Å². The lowest BCUT2D eigenvalue weighted by molar-refractivity contribution is -0.137. The highest BCUT2D eigenvalue weighted by Crippen LogP contribution is 2.33. The Morgan fingerprint density at radius 2 is 1.78 bits per heavy atom. The number of ether oxygens (including phenoxy) is 1. The fraction of sp³-hybridized carbons (Fsp3) is 0.318. The van der Waals surface area contributed by atoms with Crippen LogP contribution in [0.25, 0.3) is 16.6 Å². The number of rotatable bonds is 3. The van der Waals surface area contributed by atoms with Crippen LogP contribution in [0.2, 0.25) is 0 Å². The highest BCUT2D eigenvalue weighted by Gasteiger charge is 2.31. The van der Waals surface area contributed by atoms with E-state index in [4.69, 9.17) is 4.74 Å². The first-order valence-corrected chi connectivity index (χ1v) is 9.68. The van der Waals surface area contributed by atoms with E-state index in [2.05, 4.69) is 10.3 Å². The molecule has 0 atom stereocenters. The summed E-state index contributed by atoms with van der Waals surface area (Å²) in [7, 11) is 3.29. The zero-order valence-electron chi connectivity index (χ0n) is 18.2. The van der Waals surface area contributed by atoms with Gasteiger partial charge < -0.3 is 9.64 Å². The first-order chi connectivity index (χ1) is 14.8. The van der Waals surface area contributed by atoms with E-state index in [1.54, 1.807) is 58.0 Å². The van der Waals surface area contributed by atoms with Crippen molar-refractivity contribution < 1.29 is 22.7 Å². The topological polar surface area (TPSA) is 76.5 Å². The molecule has 0 saturated heterocycles. The number of hydrogen-bond acceptors (Lipinski definition) is 5. The van der Waals surface area contributed by atoms with Crippen molar-refractivity contribution >= 4 is 28.5 Å². The third-order valence-electron chi connectivity index (χ3n) is 4.37. The molecule has 1 amide bonds. The molecule has 0 bridgehead atoms. The summed E-state index contributed by atoms with van der Waals surface area (Å²) in [5.41, 5.74) is -1.77. The lowest BCUT2D eigenvalue weighted by atomic mass is 10.1. The predicted molar refractivity (Wildman–Crippen MR) is 117 cm³/mol. The molecule has 3 rings (SSSR count). The van der Waals surface area contributed by atoms with Gasteiger partial charge in [-0.05, 0) is 57.2 Å². The Bertz CT molecular complexity index is 1230. The highest BCUT2D eigenvalue weighted by molar-refractivity contribution is 5.91. The number of carbonyl (C=O) groups is 1. The second-order valence-electron chi connectivity index (χ2n) is 8.35. The Balaban J connectivity index is 2.18. The van der Waals surface area contributed by atoms with Crippen molar-refractivity contribution in [2.24, 2.45) is 0 Å². The quantitative estimate of drug-likeness (QED) is 0.622. The van der Waals surface area contributed by atoms with Crippen LogP contribution in [-0.2, 0) is 10.9 Å². The van der Waals surface area contributed by atoms with Gasteiger partial charge in [-0.2, -0.15) is 18.2 Å². The lowest BCUT2D eigenvalue weighted by Crippen LogP contribution is -2.27. The molecule has 1 heterocycles. The number of hydrogen-bond donors (Lipinski definition) is 1. The van der Waals surface area contributed by atoms with Gasteiger partial charge in [-0.25, -0.2) is 9.59 Å². The number of anilines is 2. The Hall–Kier alpha value is -3.56. The maximum absolute atomic E-state index is 13.4. The van der Waals surface area contributed by atoms with E-state index in [-0.39, 0.29) is 17.0 Å². The number of nitrogens with one attached hydrogen (secondary N) is 1. The summed E-state index contributed by atoms with van der Waals surface area (Å²) >= 11 is 0. The SMILES string of the molecule is CN(C)c1nc(=O)n(-c2cccc(NC(=O)OC(C)(C)C)c2)c2cc(C(F)(F)F)ccc12. The fourth-order valence-corrected chi connectivity index (χ4v) is 3.12. The van der Waals surface area contributed by atoms with Gasteiger partial charge in [0.25, 0.3) is 0 Å². The van der Waals surface area contributed by atoms with Crippen LogP contribution in [0.15, 0.2) is 47.3 Å². The molecular weight excluding hydrogens is 425 g/mol. The summed E-state index contributed by atoms with van der Waals surface area (Å²) < 4.78 is 46.4. The monoisotopic (exact) mass is 448 g/mol. The van der Waals surface area contributed by atoms with Gasteiger partial charge in [0.2, 0.25) is 0 Å². The molecule has 1 aromatic heterocycles. The molecule has 0 spiro atoms. The van der Waals surface area contributed by atoms with E-state index in [9.17, 15) is 22.8 Å². The van der Waals surface area contributed by atoms with Gasteiger partial charge >= 0.3 is 18.0 Å². The van der Waals surface area contributed by atoms with Gasteiger partial charge in [-0.1, -0.05) is 6.07 Å². The van der Waals surface area contributed by atoms with E-state index in [0.29, 0.717) is 11.1 Å². The van der Waals surface area contributed by atoms with Crippen molar-refractivity contribution in [1.82, 2.24) is 9.55 Å². The number of benzene rings is 2. The first-order valence-electron chi connectivity index (χ1n) is 9.68. The van der Waals surface area contributed by atoms with E-state index in [0.717, 1.165) is 16.7 Å². The molecule has 10 heteroatoms. The molecular formula is C22H23F3N4O3. The van der Waals surface area contributed by atoms with E-state index < -0.39 is 29.1 Å². The van der Waals surface area contributed by atoms with Crippen LogP contribution in [0.5, 0.6) is 0 Å². The van der Waals surface area contributed by atoms with Crippen LogP contribution in [0.4, 0.5) is 29.5 Å². The molecule has 0 aliphatic carbocycles. The first kappa shape index (κ1) is 23.1. The van der Waals surface area contributed by atoms with E-state index in [1.165, 1.54) is 12.1 Å². The van der Waals surface area contributed by atoms with Crippen LogP contribution in [-0.4, -0.2) is 35.3 Å². The van der Waals surface area contributed by atoms with Gasteiger partial charge in [0.05, 0.1) is 16.8 Å². The molecule has 2 aromatic carbocycles. The smallest absolute Gasteiger partial charge is 0.416 e. The Labute approximate surface area is 182 Å². The molecule has 170 valence electrons. The molecule has 0 aliphatic heterocycles. The van der Waals surface area contributed by atoms with Crippen LogP contribution in [0, 0.1) is 0 Å². The second kappa shape index (κ2) is 8.18. The molecule has 0 unspecified atom stereocenters. The fourth-order valence-electron chi connectivity index (χ4n) is 3.12. The molecule has 3 aromatic rings. The summed E-state index contributed by atoms with van der Waals surface area (Å²) in [4.78, 5) is 30.6. The average Bonchev–Trinajstić information content (AvgIpc) is 2.64. The predicted octanol–water partition coefficient (Wildman–Crippen LogP) is 4.82. The molecule has 0 saturated carbocycles. The number of carbonyl (C=O) groups excluding carboxylic acids is 1. The van der Waals surface area contributed by atoms with E-state index in [1.807, 2.05) is 0 Å². The number of amides is 1. The van der Waals surface area contributed by atoms with Crippen LogP contribution in [0.1, 0.15) is 26.3 Å². The summed E-state index contributed by atoms with van der Waals surface area (Å²) in [5.74, 6) is 0.248. The number of fused-ring (bicyclic) bond motifs is 1. The molecule has 0 fully saturated rings. The van der Waals surface area contributed by atoms with Gasteiger partial charge in [0.15, 0.2) is 0 Å². The maximum atomic E-state index is 13.4. The van der Waals surface area contributed by atoms with Crippen molar-refractivity contribution in [2.45, 2.75) is 32.5 Å². The van der Waals surface area contributed by atoms with Crippen molar-refractivity contribution in [2.75, 3.05) is 24.3 Å². The van der Waals surface area contributed by atoms with Gasteiger partial charge in [-0.15, -0.1) is 0 Å². The highest BCUT2D eigenvalue weighted by atomic mass is 19.4. The van der Waals surface area contributed by atoms with Gasteiger partial charge in [0.1, 0.15) is 11.4 Å². The third-order valence-corrected chi connectivity index (χ3v) is 4.37. The average molecular weight is 448 g/mol. The number of nitrogens with zero attached hydrogens (tertiary/aromatic N) is 3. The minimum Gasteiger partial charge on any atom is -0.444 e. The lowest BCUT2D eigenvalue weighted by Gasteiger charge is -2.20. The number of alkyl halides is 3. The Morgan fingerprint density at radius 1 is 1.09 bits per heavy atom. The van der Waals surface area contributed by atoms with Crippen molar-refractivity contribution in [3.63, 3.8) is 0 Å². The van der Waals surface area contributed by atoms with Crippen LogP contribution in [0.3, 0.4) is 0 Å². The molecule has 7 nitrogen and oxygen atoms in total. The normalized spacial score (nSPS) is 12.0. The second-order valence-corrected chi connectivity index (χ2v) is 8.35. The Morgan fingerprint density at radius 3 is 2.38 bits per heavy atom. The molecule has 1 N–H and O–H groups in total. The minimum absolute atomic E-state index is 0.0398. The number of aromatic nitrogens is 2. The Kier molecular flexibility index (Phi) is 5.90. The standard InChI is InChI=1S/C22H23F3N4O3/c1-21(2,3)32-20(31)26-14-7-6-8-15(12-14)29-17-11-13(22(23,24)25)9-10-16(17)18(28(4)5)27-19(29)30/h6-12H,1-5H3,(H,26,31). The largest absolute Gasteiger partial charge is 0.444 e. The number of halogens is 3. The van der Waals surface area contributed by atoms with Crippen molar-refractivity contribution in [1.29, 1.82) is 0 Å². The van der Waals surface area contributed by atoms with Crippen LogP contribution < -0.4 is 15.9 Å². The summed E-state index contributed by atoms with van der Waals surface area (Å²) in [6.45, 7) is 5.14. The zero-order chi connectivity index (χ0) is 23.8. The zero-order valence-corrected chi connectivity index (χ0v) is 18.2.